The molecule has 0 aromatic carbocycles. The maximum atomic E-state index is 11.9. The molecule has 1 amide bonds. The summed E-state index contributed by atoms with van der Waals surface area (Å²) in [5.74, 6) is -0.407. The zero-order valence-corrected chi connectivity index (χ0v) is 11.8. The van der Waals surface area contributed by atoms with E-state index in [1.807, 2.05) is 0 Å². The number of carbonyl (C=O) groups excluding carboxylic acids is 2. The van der Waals surface area contributed by atoms with Crippen LogP contribution >= 0.6 is 0 Å². The van der Waals surface area contributed by atoms with Crippen LogP contribution in [0.2, 0.25) is 0 Å². The van der Waals surface area contributed by atoms with Gasteiger partial charge in [-0.2, -0.15) is 0 Å². The van der Waals surface area contributed by atoms with Gasteiger partial charge in [-0.25, -0.2) is 4.79 Å². The Bertz CT molecular complexity index is 336. The van der Waals surface area contributed by atoms with Gasteiger partial charge in [0.15, 0.2) is 0 Å². The quantitative estimate of drug-likeness (QED) is 0.784. The first kappa shape index (κ1) is 15.9. The minimum Gasteiger partial charge on any atom is -0.444 e. The zero-order chi connectivity index (χ0) is 14.6. The Hall–Kier alpha value is -1.14. The highest BCUT2D eigenvalue weighted by Crippen LogP contribution is 2.20. The molecule has 1 fully saturated rings. The van der Waals surface area contributed by atoms with Crippen molar-refractivity contribution in [3.05, 3.63) is 0 Å². The SMILES string of the molecule is CC(C)(C)OC(=O)N1CCC(=O)C(CC(O)CO)C1. The van der Waals surface area contributed by atoms with E-state index >= 15 is 0 Å². The van der Waals surface area contributed by atoms with Gasteiger partial charge >= 0.3 is 6.09 Å². The van der Waals surface area contributed by atoms with Crippen molar-refractivity contribution in [3.8, 4) is 0 Å². The second kappa shape index (κ2) is 6.34. The van der Waals surface area contributed by atoms with Crippen molar-refractivity contribution in [2.24, 2.45) is 5.92 Å². The molecule has 1 saturated heterocycles. The molecule has 2 unspecified atom stereocenters. The summed E-state index contributed by atoms with van der Waals surface area (Å²) in [6.45, 7) is 5.56. The molecular weight excluding hydrogens is 250 g/mol. The predicted molar refractivity (Wildman–Crippen MR) is 68.6 cm³/mol. The normalized spacial score (nSPS) is 22.3. The standard InChI is InChI=1S/C13H23NO5/c1-13(2,3)19-12(18)14-5-4-11(17)9(7-14)6-10(16)8-15/h9-10,15-16H,4-8H2,1-3H3. The fourth-order valence-corrected chi connectivity index (χ4v) is 2.01. The average molecular weight is 273 g/mol. The van der Waals surface area contributed by atoms with E-state index in [1.54, 1.807) is 20.8 Å². The number of nitrogens with zero attached hydrogens (tertiary/aromatic N) is 1. The monoisotopic (exact) mass is 273 g/mol. The highest BCUT2D eigenvalue weighted by Gasteiger charge is 2.33. The summed E-state index contributed by atoms with van der Waals surface area (Å²) in [4.78, 5) is 25.1. The van der Waals surface area contributed by atoms with Crippen molar-refractivity contribution in [1.29, 1.82) is 0 Å². The molecule has 0 saturated carbocycles. The second-order valence-electron chi connectivity index (χ2n) is 5.91. The van der Waals surface area contributed by atoms with Gasteiger partial charge < -0.3 is 19.8 Å². The van der Waals surface area contributed by atoms with Crippen LogP contribution in [0.4, 0.5) is 4.79 Å². The van der Waals surface area contributed by atoms with Crippen molar-refractivity contribution in [2.75, 3.05) is 19.7 Å². The maximum Gasteiger partial charge on any atom is 0.410 e. The zero-order valence-electron chi connectivity index (χ0n) is 11.8. The highest BCUT2D eigenvalue weighted by atomic mass is 16.6. The van der Waals surface area contributed by atoms with Crippen LogP contribution < -0.4 is 0 Å². The Kier molecular flexibility index (Phi) is 5.31. The Morgan fingerprint density at radius 1 is 1.53 bits per heavy atom. The smallest absolute Gasteiger partial charge is 0.410 e. The van der Waals surface area contributed by atoms with E-state index in [0.29, 0.717) is 6.54 Å². The Morgan fingerprint density at radius 2 is 2.16 bits per heavy atom. The third-order valence-electron chi connectivity index (χ3n) is 2.94. The van der Waals surface area contributed by atoms with Crippen molar-refractivity contribution in [3.63, 3.8) is 0 Å². The van der Waals surface area contributed by atoms with Gasteiger partial charge in [0.25, 0.3) is 0 Å². The van der Waals surface area contributed by atoms with Crippen LogP contribution in [-0.2, 0) is 9.53 Å². The number of carbonyl (C=O) groups is 2. The summed E-state index contributed by atoms with van der Waals surface area (Å²) in [6.07, 6.45) is -0.924. The molecule has 2 atom stereocenters. The lowest BCUT2D eigenvalue weighted by atomic mass is 9.91. The first-order chi connectivity index (χ1) is 8.73. The molecule has 0 radical (unpaired) electrons. The van der Waals surface area contributed by atoms with E-state index in [1.165, 1.54) is 4.90 Å². The van der Waals surface area contributed by atoms with Crippen LogP contribution in [0.5, 0.6) is 0 Å². The minimum absolute atomic E-state index is 0.0207. The number of piperidine rings is 1. The molecule has 0 aromatic rings. The van der Waals surface area contributed by atoms with E-state index in [9.17, 15) is 14.7 Å². The Labute approximate surface area is 113 Å². The summed E-state index contributed by atoms with van der Waals surface area (Å²) in [5, 5.41) is 18.2. The number of likely N-dealkylation sites (tertiary alicyclic amines) is 1. The lowest BCUT2D eigenvalue weighted by Gasteiger charge is -2.33. The fraction of sp³-hybridized carbons (Fsp3) is 0.846. The lowest BCUT2D eigenvalue weighted by Crippen LogP contribution is -2.47. The van der Waals surface area contributed by atoms with Gasteiger partial charge in [-0.15, -0.1) is 0 Å². The van der Waals surface area contributed by atoms with Crippen molar-refractivity contribution < 1.29 is 24.5 Å². The molecule has 1 aliphatic rings. The van der Waals surface area contributed by atoms with E-state index in [0.717, 1.165) is 0 Å². The van der Waals surface area contributed by atoms with Gasteiger partial charge in [0.2, 0.25) is 0 Å². The van der Waals surface area contributed by atoms with E-state index < -0.39 is 23.7 Å². The molecule has 6 heteroatoms. The molecule has 0 aliphatic carbocycles. The second-order valence-corrected chi connectivity index (χ2v) is 5.91. The van der Waals surface area contributed by atoms with Gasteiger partial charge in [0.1, 0.15) is 11.4 Å². The number of hydrogen-bond acceptors (Lipinski definition) is 5. The Morgan fingerprint density at radius 3 is 2.68 bits per heavy atom. The number of hydrogen-bond donors (Lipinski definition) is 2. The molecule has 1 rings (SSSR count). The summed E-state index contributed by atoms with van der Waals surface area (Å²) in [6, 6.07) is 0. The van der Waals surface area contributed by atoms with Gasteiger partial charge in [-0.05, 0) is 27.2 Å². The van der Waals surface area contributed by atoms with Gasteiger partial charge in [0.05, 0.1) is 12.7 Å². The molecule has 0 bridgehead atoms. The van der Waals surface area contributed by atoms with Crippen LogP contribution in [0, 0.1) is 5.92 Å². The van der Waals surface area contributed by atoms with Crippen LogP contribution in [0.3, 0.4) is 0 Å². The lowest BCUT2D eigenvalue weighted by molar-refractivity contribution is -0.127. The number of rotatable bonds is 3. The molecule has 1 aliphatic heterocycles. The van der Waals surface area contributed by atoms with E-state index in [2.05, 4.69) is 0 Å². The predicted octanol–water partition coefficient (Wildman–Crippen LogP) is 0.556. The van der Waals surface area contributed by atoms with Gasteiger partial charge in [-0.1, -0.05) is 0 Å². The largest absolute Gasteiger partial charge is 0.444 e. The third kappa shape index (κ3) is 5.16. The van der Waals surface area contributed by atoms with E-state index in [-0.39, 0.29) is 31.8 Å². The molecule has 6 nitrogen and oxygen atoms in total. The van der Waals surface area contributed by atoms with Crippen molar-refractivity contribution >= 4 is 11.9 Å². The van der Waals surface area contributed by atoms with Crippen LogP contribution in [0.15, 0.2) is 0 Å². The molecule has 1 heterocycles. The molecule has 2 N–H and O–H groups in total. The summed E-state index contributed by atoms with van der Waals surface area (Å²) < 4.78 is 5.26. The third-order valence-corrected chi connectivity index (χ3v) is 2.94. The van der Waals surface area contributed by atoms with Crippen LogP contribution in [-0.4, -0.2) is 58.4 Å². The number of Topliss-reactive ketones (excluding diaryl/α,β-unsaturated/α-hetero) is 1. The number of amides is 1. The molecule has 0 spiro atoms. The van der Waals surface area contributed by atoms with Gasteiger partial charge in [0, 0.05) is 25.4 Å². The van der Waals surface area contributed by atoms with E-state index in [4.69, 9.17) is 9.84 Å². The summed E-state index contributed by atoms with van der Waals surface area (Å²) in [5.41, 5.74) is -0.571. The Balaban J connectivity index is 2.59. The molecule has 0 aromatic heterocycles. The minimum atomic E-state index is -0.924. The molecular formula is C13H23NO5. The summed E-state index contributed by atoms with van der Waals surface area (Å²) in [7, 11) is 0. The van der Waals surface area contributed by atoms with Crippen LogP contribution in [0.1, 0.15) is 33.6 Å². The fourth-order valence-electron chi connectivity index (χ4n) is 2.01. The number of aliphatic hydroxyl groups is 2. The van der Waals surface area contributed by atoms with Crippen LogP contribution in [0.25, 0.3) is 0 Å². The molecule has 110 valence electrons. The number of aliphatic hydroxyl groups excluding tert-OH is 2. The first-order valence-corrected chi connectivity index (χ1v) is 6.52. The van der Waals surface area contributed by atoms with Gasteiger partial charge in [-0.3, -0.25) is 4.79 Å². The average Bonchev–Trinajstić information content (AvgIpc) is 2.29. The maximum absolute atomic E-state index is 11.9. The first-order valence-electron chi connectivity index (χ1n) is 6.52. The number of ketones is 1. The van der Waals surface area contributed by atoms with Crippen molar-refractivity contribution in [1.82, 2.24) is 4.90 Å². The highest BCUT2D eigenvalue weighted by molar-refractivity contribution is 5.84. The van der Waals surface area contributed by atoms with Crippen molar-refractivity contribution in [2.45, 2.75) is 45.3 Å². The number of ether oxygens (including phenoxy) is 1. The topological polar surface area (TPSA) is 87.1 Å². The summed E-state index contributed by atoms with van der Waals surface area (Å²) >= 11 is 0. The molecule has 19 heavy (non-hydrogen) atoms.